The SMILES string of the molecule is CC(C)C(O)CC(=O)Nc1ccnc2ccnn12. The molecule has 0 aliphatic rings. The summed E-state index contributed by atoms with van der Waals surface area (Å²) < 4.78 is 1.54. The van der Waals surface area contributed by atoms with E-state index in [2.05, 4.69) is 15.4 Å². The molecule has 18 heavy (non-hydrogen) atoms. The van der Waals surface area contributed by atoms with Gasteiger partial charge in [0.05, 0.1) is 18.7 Å². The van der Waals surface area contributed by atoms with Gasteiger partial charge in [0, 0.05) is 12.3 Å². The highest BCUT2D eigenvalue weighted by Crippen LogP contribution is 2.11. The number of hydrogen-bond donors (Lipinski definition) is 2. The van der Waals surface area contributed by atoms with Crippen LogP contribution in [0.15, 0.2) is 24.5 Å². The van der Waals surface area contributed by atoms with Gasteiger partial charge in [0.25, 0.3) is 0 Å². The topological polar surface area (TPSA) is 79.5 Å². The van der Waals surface area contributed by atoms with Gasteiger partial charge in [-0.2, -0.15) is 9.61 Å². The minimum atomic E-state index is -0.639. The standard InChI is InChI=1S/C12H16N4O2/c1-8(2)9(17)7-12(18)15-11-3-5-13-10-4-6-14-16(10)11/h3-6,8-9,17H,7H2,1-2H3,(H,15,18). The van der Waals surface area contributed by atoms with Gasteiger partial charge in [-0.1, -0.05) is 13.8 Å². The molecule has 0 fully saturated rings. The molecule has 1 unspecified atom stereocenters. The number of nitrogens with one attached hydrogen (secondary N) is 1. The maximum absolute atomic E-state index is 11.8. The summed E-state index contributed by atoms with van der Waals surface area (Å²) in [5.74, 6) is 0.364. The molecule has 2 N–H and O–H groups in total. The lowest BCUT2D eigenvalue weighted by Gasteiger charge is -2.14. The number of carbonyl (C=O) groups is 1. The van der Waals surface area contributed by atoms with E-state index >= 15 is 0 Å². The molecule has 0 aromatic carbocycles. The van der Waals surface area contributed by atoms with Crippen LogP contribution in [0.25, 0.3) is 5.65 Å². The van der Waals surface area contributed by atoms with E-state index in [9.17, 15) is 9.90 Å². The minimum Gasteiger partial charge on any atom is -0.392 e. The Morgan fingerprint density at radius 2 is 2.22 bits per heavy atom. The van der Waals surface area contributed by atoms with Crippen LogP contribution in [0.5, 0.6) is 0 Å². The molecule has 96 valence electrons. The van der Waals surface area contributed by atoms with Crippen LogP contribution in [0.1, 0.15) is 20.3 Å². The highest BCUT2D eigenvalue weighted by molar-refractivity contribution is 5.90. The molecule has 1 amide bonds. The van der Waals surface area contributed by atoms with Crippen molar-refractivity contribution in [3.8, 4) is 0 Å². The lowest BCUT2D eigenvalue weighted by Crippen LogP contribution is -2.24. The fourth-order valence-corrected chi connectivity index (χ4v) is 1.55. The Bertz CT molecular complexity index is 550. The summed E-state index contributed by atoms with van der Waals surface area (Å²) >= 11 is 0. The van der Waals surface area contributed by atoms with Crippen LogP contribution in [0.3, 0.4) is 0 Å². The molecule has 0 spiro atoms. The molecule has 2 heterocycles. The number of hydrogen-bond acceptors (Lipinski definition) is 4. The maximum atomic E-state index is 11.8. The molecule has 1 atom stereocenters. The highest BCUT2D eigenvalue weighted by atomic mass is 16.3. The number of rotatable bonds is 4. The van der Waals surface area contributed by atoms with Crippen molar-refractivity contribution in [3.05, 3.63) is 24.5 Å². The number of aliphatic hydroxyl groups excluding tert-OH is 1. The van der Waals surface area contributed by atoms with Crippen molar-refractivity contribution in [1.82, 2.24) is 14.6 Å². The Kier molecular flexibility index (Phi) is 3.57. The molecule has 2 aromatic heterocycles. The van der Waals surface area contributed by atoms with Gasteiger partial charge in [0.1, 0.15) is 5.82 Å². The van der Waals surface area contributed by atoms with Crippen LogP contribution < -0.4 is 5.32 Å². The Morgan fingerprint density at radius 3 is 2.94 bits per heavy atom. The van der Waals surface area contributed by atoms with Gasteiger partial charge in [0.2, 0.25) is 5.91 Å². The summed E-state index contributed by atoms with van der Waals surface area (Å²) in [6, 6.07) is 3.41. The van der Waals surface area contributed by atoms with Crippen molar-refractivity contribution in [3.63, 3.8) is 0 Å². The predicted octanol–water partition coefficient (Wildman–Crippen LogP) is 1.07. The van der Waals surface area contributed by atoms with Crippen LogP contribution in [-0.4, -0.2) is 31.7 Å². The minimum absolute atomic E-state index is 0.0536. The van der Waals surface area contributed by atoms with E-state index in [1.165, 1.54) is 0 Å². The average molecular weight is 248 g/mol. The van der Waals surface area contributed by atoms with Crippen molar-refractivity contribution < 1.29 is 9.90 Å². The number of fused-ring (bicyclic) bond motifs is 1. The molecule has 0 radical (unpaired) electrons. The Labute approximate surface area is 105 Å². The quantitative estimate of drug-likeness (QED) is 0.848. The second-order valence-corrected chi connectivity index (χ2v) is 4.49. The second kappa shape index (κ2) is 5.14. The first-order valence-corrected chi connectivity index (χ1v) is 5.84. The molecule has 0 bridgehead atoms. The molecular weight excluding hydrogens is 232 g/mol. The number of nitrogens with zero attached hydrogens (tertiary/aromatic N) is 3. The molecule has 0 aliphatic heterocycles. The van der Waals surface area contributed by atoms with Gasteiger partial charge in [-0.05, 0) is 12.0 Å². The number of aromatic nitrogens is 3. The molecule has 2 rings (SSSR count). The summed E-state index contributed by atoms with van der Waals surface area (Å²) in [5.41, 5.74) is 0.664. The number of aliphatic hydroxyl groups is 1. The third-order valence-electron chi connectivity index (χ3n) is 2.72. The summed E-state index contributed by atoms with van der Waals surface area (Å²) in [6.45, 7) is 3.74. The Balaban J connectivity index is 2.09. The van der Waals surface area contributed by atoms with E-state index in [1.54, 1.807) is 29.0 Å². The first-order valence-electron chi connectivity index (χ1n) is 5.84. The second-order valence-electron chi connectivity index (χ2n) is 4.49. The molecule has 0 saturated carbocycles. The first-order chi connectivity index (χ1) is 8.58. The zero-order chi connectivity index (χ0) is 13.1. The van der Waals surface area contributed by atoms with Gasteiger partial charge in [-0.15, -0.1) is 0 Å². The smallest absolute Gasteiger partial charge is 0.228 e. The van der Waals surface area contributed by atoms with Crippen LogP contribution in [0.2, 0.25) is 0 Å². The zero-order valence-electron chi connectivity index (χ0n) is 10.4. The zero-order valence-corrected chi connectivity index (χ0v) is 10.4. The van der Waals surface area contributed by atoms with Gasteiger partial charge in [-0.3, -0.25) is 4.79 Å². The van der Waals surface area contributed by atoms with E-state index < -0.39 is 6.10 Å². The Hall–Kier alpha value is -1.95. The largest absolute Gasteiger partial charge is 0.392 e. The molecule has 6 nitrogen and oxygen atoms in total. The third-order valence-corrected chi connectivity index (χ3v) is 2.72. The highest BCUT2D eigenvalue weighted by Gasteiger charge is 2.15. The van der Waals surface area contributed by atoms with Gasteiger partial charge in [0.15, 0.2) is 5.65 Å². The number of amides is 1. The van der Waals surface area contributed by atoms with E-state index in [-0.39, 0.29) is 18.2 Å². The van der Waals surface area contributed by atoms with Crippen LogP contribution >= 0.6 is 0 Å². The molecule has 6 heteroatoms. The summed E-state index contributed by atoms with van der Waals surface area (Å²) in [5, 5.41) is 16.4. The van der Waals surface area contributed by atoms with Gasteiger partial charge < -0.3 is 10.4 Å². The lowest BCUT2D eigenvalue weighted by atomic mass is 10.0. The average Bonchev–Trinajstić information content (AvgIpc) is 2.77. The summed E-state index contributed by atoms with van der Waals surface area (Å²) in [7, 11) is 0. The van der Waals surface area contributed by atoms with E-state index in [0.717, 1.165) is 0 Å². The molecule has 0 aliphatic carbocycles. The predicted molar refractivity (Wildman–Crippen MR) is 67.1 cm³/mol. The van der Waals surface area contributed by atoms with Crippen LogP contribution in [0.4, 0.5) is 5.82 Å². The van der Waals surface area contributed by atoms with Gasteiger partial charge >= 0.3 is 0 Å². The monoisotopic (exact) mass is 248 g/mol. The van der Waals surface area contributed by atoms with Gasteiger partial charge in [-0.25, -0.2) is 4.98 Å². The van der Waals surface area contributed by atoms with Crippen molar-refractivity contribution in [2.45, 2.75) is 26.4 Å². The third kappa shape index (κ3) is 2.65. The fraction of sp³-hybridized carbons (Fsp3) is 0.417. The van der Waals surface area contributed by atoms with Crippen molar-refractivity contribution in [1.29, 1.82) is 0 Å². The molecule has 2 aromatic rings. The lowest BCUT2D eigenvalue weighted by molar-refractivity contribution is -0.118. The van der Waals surface area contributed by atoms with E-state index in [1.807, 2.05) is 13.8 Å². The van der Waals surface area contributed by atoms with Crippen LogP contribution in [0, 0.1) is 5.92 Å². The van der Waals surface area contributed by atoms with Crippen molar-refractivity contribution in [2.24, 2.45) is 5.92 Å². The van der Waals surface area contributed by atoms with Crippen molar-refractivity contribution in [2.75, 3.05) is 5.32 Å². The summed E-state index contributed by atoms with van der Waals surface area (Å²) in [4.78, 5) is 15.9. The number of carbonyl (C=O) groups excluding carboxylic acids is 1. The van der Waals surface area contributed by atoms with E-state index in [4.69, 9.17) is 0 Å². The van der Waals surface area contributed by atoms with Crippen LogP contribution in [-0.2, 0) is 4.79 Å². The first kappa shape index (κ1) is 12.5. The number of anilines is 1. The van der Waals surface area contributed by atoms with Crippen molar-refractivity contribution >= 4 is 17.4 Å². The Morgan fingerprint density at radius 1 is 1.44 bits per heavy atom. The molecule has 0 saturated heterocycles. The normalized spacial score (nSPS) is 12.9. The fourth-order valence-electron chi connectivity index (χ4n) is 1.55. The van der Waals surface area contributed by atoms with E-state index in [0.29, 0.717) is 11.5 Å². The molecular formula is C12H16N4O2. The summed E-state index contributed by atoms with van der Waals surface area (Å²) in [6.07, 6.45) is 2.65. The maximum Gasteiger partial charge on any atom is 0.228 e.